The summed E-state index contributed by atoms with van der Waals surface area (Å²) in [5.41, 5.74) is 5.41. The fourth-order valence-electron chi connectivity index (χ4n) is 1.78. The number of nitrogen functional groups attached to an aromatic ring is 1. The summed E-state index contributed by atoms with van der Waals surface area (Å²) in [6, 6.07) is 8.64. The van der Waals surface area contributed by atoms with Crippen molar-refractivity contribution >= 4 is 17.2 Å². The Labute approximate surface area is 119 Å². The van der Waals surface area contributed by atoms with Crippen LogP contribution >= 0.6 is 0 Å². The second kappa shape index (κ2) is 5.32. The van der Waals surface area contributed by atoms with E-state index in [1.165, 1.54) is 31.2 Å². The van der Waals surface area contributed by atoms with Crippen LogP contribution in [-0.4, -0.2) is 4.98 Å². The molecular formula is C14H11F3N4. The summed E-state index contributed by atoms with van der Waals surface area (Å²) >= 11 is 0. The van der Waals surface area contributed by atoms with Gasteiger partial charge in [0.1, 0.15) is 11.9 Å². The molecule has 0 aliphatic heterocycles. The number of anilines is 3. The molecule has 0 atom stereocenters. The van der Waals surface area contributed by atoms with Crippen molar-refractivity contribution in [3.8, 4) is 6.07 Å². The molecule has 7 heteroatoms. The van der Waals surface area contributed by atoms with Gasteiger partial charge in [-0.2, -0.15) is 18.4 Å². The number of alkyl halides is 3. The topological polar surface area (TPSA) is 74.7 Å². The molecule has 0 bridgehead atoms. The fourth-order valence-corrected chi connectivity index (χ4v) is 1.78. The number of aryl methyl sites for hydroxylation is 1. The van der Waals surface area contributed by atoms with Gasteiger partial charge in [0.05, 0.1) is 11.3 Å². The average molecular weight is 292 g/mol. The molecule has 0 amide bonds. The zero-order chi connectivity index (χ0) is 15.6. The monoisotopic (exact) mass is 292 g/mol. The molecule has 2 aromatic rings. The Bertz CT molecular complexity index is 717. The predicted molar refractivity (Wildman–Crippen MR) is 72.8 cm³/mol. The molecule has 0 fully saturated rings. The fraction of sp³-hybridized carbons (Fsp3) is 0.143. The molecule has 0 saturated heterocycles. The van der Waals surface area contributed by atoms with Crippen molar-refractivity contribution in [3.05, 3.63) is 47.2 Å². The second-order valence-electron chi connectivity index (χ2n) is 4.40. The van der Waals surface area contributed by atoms with Gasteiger partial charge in [-0.05, 0) is 36.8 Å². The number of nitrogens with one attached hydrogen (secondary N) is 1. The van der Waals surface area contributed by atoms with Crippen molar-refractivity contribution in [2.75, 3.05) is 11.1 Å². The van der Waals surface area contributed by atoms with Gasteiger partial charge in [0.2, 0.25) is 0 Å². The SMILES string of the molecule is Cc1ccc(Nc2ccc(N)c(C#N)n2)cc1C(F)(F)F. The quantitative estimate of drug-likeness (QED) is 0.886. The lowest BCUT2D eigenvalue weighted by Gasteiger charge is -2.13. The van der Waals surface area contributed by atoms with Gasteiger partial charge < -0.3 is 11.1 Å². The van der Waals surface area contributed by atoms with E-state index in [9.17, 15) is 13.2 Å². The maximum absolute atomic E-state index is 12.8. The third kappa shape index (κ3) is 3.23. The highest BCUT2D eigenvalue weighted by Gasteiger charge is 2.32. The highest BCUT2D eigenvalue weighted by Crippen LogP contribution is 2.34. The first-order chi connectivity index (χ1) is 9.81. The Morgan fingerprint density at radius 2 is 1.95 bits per heavy atom. The van der Waals surface area contributed by atoms with Crippen LogP contribution in [-0.2, 0) is 6.18 Å². The van der Waals surface area contributed by atoms with Gasteiger partial charge in [-0.3, -0.25) is 0 Å². The summed E-state index contributed by atoms with van der Waals surface area (Å²) in [4.78, 5) is 3.92. The van der Waals surface area contributed by atoms with Gasteiger partial charge in [-0.15, -0.1) is 0 Å². The molecule has 21 heavy (non-hydrogen) atoms. The Balaban J connectivity index is 2.35. The molecular weight excluding hydrogens is 281 g/mol. The third-order valence-corrected chi connectivity index (χ3v) is 2.85. The van der Waals surface area contributed by atoms with Crippen LogP contribution in [0.4, 0.5) is 30.4 Å². The van der Waals surface area contributed by atoms with E-state index in [0.717, 1.165) is 6.07 Å². The van der Waals surface area contributed by atoms with Crippen LogP contribution in [0.25, 0.3) is 0 Å². The first kappa shape index (κ1) is 14.7. The third-order valence-electron chi connectivity index (χ3n) is 2.85. The zero-order valence-electron chi connectivity index (χ0n) is 11.0. The lowest BCUT2D eigenvalue weighted by atomic mass is 10.1. The smallest absolute Gasteiger partial charge is 0.396 e. The molecule has 0 aliphatic rings. The molecule has 3 N–H and O–H groups in total. The molecule has 2 rings (SSSR count). The van der Waals surface area contributed by atoms with E-state index in [1.54, 1.807) is 0 Å². The lowest BCUT2D eigenvalue weighted by Crippen LogP contribution is -2.08. The largest absolute Gasteiger partial charge is 0.416 e. The number of halogens is 3. The van der Waals surface area contributed by atoms with Crippen LogP contribution in [0.2, 0.25) is 0 Å². The van der Waals surface area contributed by atoms with Crippen LogP contribution in [0.15, 0.2) is 30.3 Å². The maximum Gasteiger partial charge on any atom is 0.416 e. The van der Waals surface area contributed by atoms with E-state index in [4.69, 9.17) is 11.0 Å². The van der Waals surface area contributed by atoms with E-state index < -0.39 is 11.7 Å². The number of hydrogen-bond acceptors (Lipinski definition) is 4. The van der Waals surface area contributed by atoms with Crippen LogP contribution in [0.5, 0.6) is 0 Å². The standard InChI is InChI=1S/C14H11F3N4/c1-8-2-3-9(6-10(8)14(15,16)17)20-13-5-4-11(19)12(7-18)21-13/h2-6H,19H2,1H3,(H,20,21). The molecule has 1 heterocycles. The summed E-state index contributed by atoms with van der Waals surface area (Å²) in [5.74, 6) is 0.248. The van der Waals surface area contributed by atoms with E-state index in [-0.39, 0.29) is 28.5 Å². The molecule has 0 spiro atoms. The van der Waals surface area contributed by atoms with Gasteiger partial charge in [-0.25, -0.2) is 4.98 Å². The second-order valence-corrected chi connectivity index (χ2v) is 4.40. The first-order valence-corrected chi connectivity index (χ1v) is 5.93. The van der Waals surface area contributed by atoms with Crippen molar-refractivity contribution < 1.29 is 13.2 Å². The molecule has 1 aromatic carbocycles. The van der Waals surface area contributed by atoms with E-state index >= 15 is 0 Å². The number of nitrogens with zero attached hydrogens (tertiary/aromatic N) is 2. The first-order valence-electron chi connectivity index (χ1n) is 5.93. The Hall–Kier alpha value is -2.75. The van der Waals surface area contributed by atoms with Crippen LogP contribution in [0.3, 0.4) is 0 Å². The number of nitriles is 1. The number of nitrogens with two attached hydrogens (primary N) is 1. The van der Waals surface area contributed by atoms with Crippen molar-refractivity contribution in [1.29, 1.82) is 5.26 Å². The highest BCUT2D eigenvalue weighted by molar-refractivity contribution is 5.62. The molecule has 0 radical (unpaired) electrons. The minimum Gasteiger partial charge on any atom is -0.396 e. The molecule has 1 aromatic heterocycles. The Kier molecular flexibility index (Phi) is 3.72. The maximum atomic E-state index is 12.8. The van der Waals surface area contributed by atoms with Crippen molar-refractivity contribution in [2.45, 2.75) is 13.1 Å². The van der Waals surface area contributed by atoms with E-state index in [1.807, 2.05) is 6.07 Å². The average Bonchev–Trinajstić information content (AvgIpc) is 2.42. The minimum atomic E-state index is -4.42. The minimum absolute atomic E-state index is 0.0168. The summed E-state index contributed by atoms with van der Waals surface area (Å²) in [6.45, 7) is 1.39. The molecule has 0 unspecified atom stereocenters. The number of benzene rings is 1. The number of rotatable bonds is 2. The van der Waals surface area contributed by atoms with Crippen LogP contribution < -0.4 is 11.1 Å². The number of hydrogen-bond donors (Lipinski definition) is 2. The van der Waals surface area contributed by atoms with Gasteiger partial charge >= 0.3 is 6.18 Å². The normalized spacial score (nSPS) is 11.0. The zero-order valence-corrected chi connectivity index (χ0v) is 11.0. The summed E-state index contributed by atoms with van der Waals surface area (Å²) in [5, 5.41) is 11.6. The van der Waals surface area contributed by atoms with Crippen molar-refractivity contribution in [3.63, 3.8) is 0 Å². The Morgan fingerprint density at radius 3 is 2.57 bits per heavy atom. The van der Waals surface area contributed by atoms with Gasteiger partial charge in [0.25, 0.3) is 0 Å². The lowest BCUT2D eigenvalue weighted by molar-refractivity contribution is -0.138. The molecule has 108 valence electrons. The molecule has 0 saturated carbocycles. The Morgan fingerprint density at radius 1 is 1.24 bits per heavy atom. The van der Waals surface area contributed by atoms with Crippen molar-refractivity contribution in [1.82, 2.24) is 4.98 Å². The molecule has 4 nitrogen and oxygen atoms in total. The van der Waals surface area contributed by atoms with Crippen molar-refractivity contribution in [2.24, 2.45) is 0 Å². The van der Waals surface area contributed by atoms with Gasteiger partial charge in [0.15, 0.2) is 5.69 Å². The van der Waals surface area contributed by atoms with E-state index in [2.05, 4.69) is 10.3 Å². The van der Waals surface area contributed by atoms with Gasteiger partial charge in [-0.1, -0.05) is 6.07 Å². The summed E-state index contributed by atoms with van der Waals surface area (Å²) in [7, 11) is 0. The highest BCUT2D eigenvalue weighted by atomic mass is 19.4. The molecule has 0 aliphatic carbocycles. The number of pyridine rings is 1. The predicted octanol–water partition coefficient (Wildman–Crippen LogP) is 3.61. The van der Waals surface area contributed by atoms with Crippen LogP contribution in [0, 0.1) is 18.3 Å². The summed E-state index contributed by atoms with van der Waals surface area (Å²) in [6.07, 6.45) is -4.42. The summed E-state index contributed by atoms with van der Waals surface area (Å²) < 4.78 is 38.5. The number of aromatic nitrogens is 1. The van der Waals surface area contributed by atoms with Gasteiger partial charge in [0, 0.05) is 5.69 Å². The van der Waals surface area contributed by atoms with Crippen LogP contribution in [0.1, 0.15) is 16.8 Å². The van der Waals surface area contributed by atoms with E-state index in [0.29, 0.717) is 0 Å².